The molecule has 0 radical (unpaired) electrons. The second-order valence-electron chi connectivity index (χ2n) is 3.65. The molecule has 3 nitrogen and oxygen atoms in total. The first kappa shape index (κ1) is 12.6. The van der Waals surface area contributed by atoms with Crippen LogP contribution in [0, 0.1) is 0 Å². The molecule has 0 aliphatic heterocycles. The topological polar surface area (TPSA) is 39.2 Å². The molecule has 0 saturated heterocycles. The van der Waals surface area contributed by atoms with E-state index < -0.39 is 0 Å². The summed E-state index contributed by atoms with van der Waals surface area (Å²) in [7, 11) is 1.38. The van der Waals surface area contributed by atoms with Crippen LogP contribution in [-0.4, -0.2) is 18.1 Å². The molecule has 0 aliphatic carbocycles. The first-order valence-electron chi connectivity index (χ1n) is 5.50. The number of hydrogen-bond acceptors (Lipinski definition) is 4. The van der Waals surface area contributed by atoms with Gasteiger partial charge in [-0.15, -0.1) is 11.8 Å². The van der Waals surface area contributed by atoms with E-state index in [9.17, 15) is 4.79 Å². The molecule has 0 saturated carbocycles. The first-order chi connectivity index (χ1) is 8.79. The van der Waals surface area contributed by atoms with Gasteiger partial charge in [-0.2, -0.15) is 0 Å². The zero-order chi connectivity index (χ0) is 12.8. The van der Waals surface area contributed by atoms with Crippen molar-refractivity contribution in [1.29, 1.82) is 0 Å². The molecule has 2 aromatic rings. The smallest absolute Gasteiger partial charge is 0.337 e. The maximum absolute atomic E-state index is 11.3. The minimum atomic E-state index is -0.307. The van der Waals surface area contributed by atoms with Crippen LogP contribution >= 0.6 is 11.8 Å². The number of methoxy groups -OCH3 is 1. The van der Waals surface area contributed by atoms with Gasteiger partial charge in [0.15, 0.2) is 0 Å². The molecule has 0 aliphatic rings. The highest BCUT2D eigenvalue weighted by Crippen LogP contribution is 2.20. The summed E-state index contributed by atoms with van der Waals surface area (Å²) in [5.74, 6) is 0.525. The molecule has 1 aromatic heterocycles. The van der Waals surface area contributed by atoms with Crippen molar-refractivity contribution in [3.8, 4) is 0 Å². The monoisotopic (exact) mass is 259 g/mol. The highest BCUT2D eigenvalue weighted by molar-refractivity contribution is 7.98. The molecule has 1 aromatic carbocycles. The zero-order valence-corrected chi connectivity index (χ0v) is 10.8. The number of rotatable bonds is 4. The largest absolute Gasteiger partial charge is 0.465 e. The molecule has 0 bridgehead atoms. The minimum absolute atomic E-state index is 0.307. The van der Waals surface area contributed by atoms with Crippen molar-refractivity contribution in [2.24, 2.45) is 0 Å². The number of thioether (sulfide) groups is 1. The van der Waals surface area contributed by atoms with Crippen LogP contribution in [0.15, 0.2) is 53.7 Å². The average Bonchev–Trinajstić information content (AvgIpc) is 2.46. The van der Waals surface area contributed by atoms with Crippen LogP contribution in [-0.2, 0) is 10.5 Å². The van der Waals surface area contributed by atoms with Crippen molar-refractivity contribution >= 4 is 17.7 Å². The number of hydrogen-bond donors (Lipinski definition) is 0. The van der Waals surface area contributed by atoms with E-state index in [0.29, 0.717) is 5.56 Å². The lowest BCUT2D eigenvalue weighted by Gasteiger charge is -2.03. The van der Waals surface area contributed by atoms with Crippen molar-refractivity contribution < 1.29 is 9.53 Å². The van der Waals surface area contributed by atoms with Crippen LogP contribution in [0.4, 0.5) is 0 Å². The summed E-state index contributed by atoms with van der Waals surface area (Å²) in [5, 5.41) is 0.995. The van der Waals surface area contributed by atoms with Crippen LogP contribution in [0.25, 0.3) is 0 Å². The Labute approximate surface area is 110 Å². The lowest BCUT2D eigenvalue weighted by molar-refractivity contribution is 0.0601. The van der Waals surface area contributed by atoms with E-state index in [1.165, 1.54) is 7.11 Å². The second-order valence-corrected chi connectivity index (χ2v) is 4.64. The molecule has 18 heavy (non-hydrogen) atoms. The van der Waals surface area contributed by atoms with Gasteiger partial charge in [-0.1, -0.05) is 18.2 Å². The van der Waals surface area contributed by atoms with E-state index in [1.807, 2.05) is 30.3 Å². The molecular weight excluding hydrogens is 246 g/mol. The Morgan fingerprint density at radius 2 is 2.00 bits per heavy atom. The fourth-order valence-electron chi connectivity index (χ4n) is 1.44. The summed E-state index contributed by atoms with van der Waals surface area (Å²) in [5.41, 5.74) is 1.72. The highest BCUT2D eigenvalue weighted by Gasteiger charge is 2.04. The summed E-state index contributed by atoms with van der Waals surface area (Å²) in [4.78, 5) is 15.5. The number of carbonyl (C=O) groups excluding carboxylic acids is 1. The third-order valence-corrected chi connectivity index (χ3v) is 3.41. The third kappa shape index (κ3) is 3.34. The Bertz CT molecular complexity index is 511. The number of pyridine rings is 1. The Morgan fingerprint density at radius 3 is 2.61 bits per heavy atom. The quantitative estimate of drug-likeness (QED) is 0.624. The van der Waals surface area contributed by atoms with E-state index in [1.54, 1.807) is 30.1 Å². The SMILES string of the molecule is COC(=O)c1ccc(CSc2ccccn2)cc1. The molecule has 0 atom stereocenters. The Hall–Kier alpha value is -1.81. The summed E-state index contributed by atoms with van der Waals surface area (Å²) in [6, 6.07) is 13.3. The van der Waals surface area contributed by atoms with Crippen molar-refractivity contribution in [2.75, 3.05) is 7.11 Å². The maximum atomic E-state index is 11.3. The summed E-state index contributed by atoms with van der Waals surface area (Å²) >= 11 is 1.67. The predicted octanol–water partition coefficient (Wildman–Crippen LogP) is 3.16. The summed E-state index contributed by atoms with van der Waals surface area (Å²) in [6.45, 7) is 0. The Kier molecular flexibility index (Phi) is 4.36. The number of ether oxygens (including phenoxy) is 1. The molecular formula is C14H13NO2S. The van der Waals surface area contributed by atoms with Crippen molar-refractivity contribution in [3.63, 3.8) is 0 Å². The van der Waals surface area contributed by atoms with Crippen LogP contribution in [0.1, 0.15) is 15.9 Å². The minimum Gasteiger partial charge on any atom is -0.465 e. The fraction of sp³-hybridized carbons (Fsp3) is 0.143. The third-order valence-electron chi connectivity index (χ3n) is 2.40. The molecule has 92 valence electrons. The van der Waals surface area contributed by atoms with E-state index in [-0.39, 0.29) is 5.97 Å². The molecule has 0 unspecified atom stereocenters. The van der Waals surface area contributed by atoms with Gasteiger partial charge in [-0.3, -0.25) is 0 Å². The standard InChI is InChI=1S/C14H13NO2S/c1-17-14(16)12-7-5-11(6-8-12)10-18-13-4-2-3-9-15-13/h2-9H,10H2,1H3. The molecule has 0 N–H and O–H groups in total. The number of benzene rings is 1. The number of carbonyl (C=O) groups is 1. The average molecular weight is 259 g/mol. The molecule has 4 heteroatoms. The normalized spacial score (nSPS) is 10.1. The van der Waals surface area contributed by atoms with Crippen LogP contribution in [0.3, 0.4) is 0 Å². The molecule has 1 heterocycles. The van der Waals surface area contributed by atoms with Crippen molar-refractivity contribution in [3.05, 3.63) is 59.8 Å². The van der Waals surface area contributed by atoms with Gasteiger partial charge in [-0.25, -0.2) is 9.78 Å². The Morgan fingerprint density at radius 1 is 1.22 bits per heavy atom. The maximum Gasteiger partial charge on any atom is 0.337 e. The Balaban J connectivity index is 1.97. The van der Waals surface area contributed by atoms with Gasteiger partial charge < -0.3 is 4.74 Å². The lowest BCUT2D eigenvalue weighted by Crippen LogP contribution is -2.00. The summed E-state index contributed by atoms with van der Waals surface area (Å²) in [6.07, 6.45) is 1.78. The van der Waals surface area contributed by atoms with Crippen LogP contribution in [0.5, 0.6) is 0 Å². The van der Waals surface area contributed by atoms with Crippen LogP contribution in [0.2, 0.25) is 0 Å². The fourth-order valence-corrected chi connectivity index (χ4v) is 2.26. The van der Waals surface area contributed by atoms with Gasteiger partial charge in [-0.05, 0) is 29.8 Å². The number of nitrogens with zero attached hydrogens (tertiary/aromatic N) is 1. The predicted molar refractivity (Wildman–Crippen MR) is 71.6 cm³/mol. The van der Waals surface area contributed by atoms with Gasteiger partial charge in [0.1, 0.15) is 0 Å². The van der Waals surface area contributed by atoms with E-state index in [2.05, 4.69) is 9.72 Å². The molecule has 0 spiro atoms. The molecule has 0 amide bonds. The van der Waals surface area contributed by atoms with Gasteiger partial charge in [0.2, 0.25) is 0 Å². The molecule has 0 fully saturated rings. The van der Waals surface area contributed by atoms with Gasteiger partial charge in [0.05, 0.1) is 17.7 Å². The molecule has 2 rings (SSSR count). The van der Waals surface area contributed by atoms with E-state index >= 15 is 0 Å². The lowest BCUT2D eigenvalue weighted by atomic mass is 10.1. The second kappa shape index (κ2) is 6.21. The van der Waals surface area contributed by atoms with Gasteiger partial charge in [0.25, 0.3) is 0 Å². The van der Waals surface area contributed by atoms with E-state index in [0.717, 1.165) is 16.3 Å². The number of aromatic nitrogens is 1. The van der Waals surface area contributed by atoms with E-state index in [4.69, 9.17) is 0 Å². The first-order valence-corrected chi connectivity index (χ1v) is 6.49. The van der Waals surface area contributed by atoms with Crippen molar-refractivity contribution in [1.82, 2.24) is 4.98 Å². The van der Waals surface area contributed by atoms with Crippen molar-refractivity contribution in [2.45, 2.75) is 10.8 Å². The van der Waals surface area contributed by atoms with Crippen LogP contribution < -0.4 is 0 Å². The highest BCUT2D eigenvalue weighted by atomic mass is 32.2. The van der Waals surface area contributed by atoms with Gasteiger partial charge >= 0.3 is 5.97 Å². The number of esters is 1. The van der Waals surface area contributed by atoms with Gasteiger partial charge in [0, 0.05) is 11.9 Å². The summed E-state index contributed by atoms with van der Waals surface area (Å²) < 4.78 is 4.65. The zero-order valence-electron chi connectivity index (χ0n) is 10.00.